The van der Waals surface area contributed by atoms with Gasteiger partial charge in [-0.3, -0.25) is 0 Å². The molecule has 0 radical (unpaired) electrons. The maximum absolute atomic E-state index is 4.95. The fourth-order valence-corrected chi connectivity index (χ4v) is 2.05. The zero-order valence-corrected chi connectivity index (χ0v) is 7.88. The van der Waals surface area contributed by atoms with Gasteiger partial charge < -0.3 is 0 Å². The molecule has 0 heterocycles. The molecule has 1 aromatic carbocycles. The molecule has 0 bridgehead atoms. The lowest BCUT2D eigenvalue weighted by atomic mass is 10.2. The Morgan fingerprint density at radius 1 is 1.30 bits per heavy atom. The quantitative estimate of drug-likeness (QED) is 0.548. The molecule has 0 saturated carbocycles. The van der Waals surface area contributed by atoms with Crippen molar-refractivity contribution < 1.29 is 0 Å². The zero-order valence-electron chi connectivity index (χ0n) is 5.36. The number of hydrogen-bond acceptors (Lipinski definition) is 1. The van der Waals surface area contributed by atoms with E-state index in [9.17, 15) is 0 Å². The molecule has 1 rings (SSSR count). The van der Waals surface area contributed by atoms with Crippen molar-refractivity contribution in [2.45, 2.75) is 5.75 Å². The van der Waals surface area contributed by atoms with Gasteiger partial charge in [-0.25, -0.2) is 0 Å². The summed E-state index contributed by atoms with van der Waals surface area (Å²) in [5, 5.41) is 0. The van der Waals surface area contributed by atoms with E-state index in [0.717, 1.165) is 5.75 Å². The van der Waals surface area contributed by atoms with Crippen LogP contribution in [0.2, 0.25) is 0 Å². The third kappa shape index (κ3) is 2.82. The summed E-state index contributed by atoms with van der Waals surface area (Å²) < 4.78 is 0. The van der Waals surface area contributed by atoms with Crippen LogP contribution >= 0.6 is 11.7 Å². The molecule has 0 aliphatic heterocycles. The van der Waals surface area contributed by atoms with E-state index < -0.39 is 0 Å². The first-order valence-corrected chi connectivity index (χ1v) is 6.27. The molecule has 1 unspecified atom stereocenters. The maximum Gasteiger partial charge on any atom is 0.0326 e. The van der Waals surface area contributed by atoms with Crippen LogP contribution in [0, 0.1) is 0 Å². The second-order valence-electron chi connectivity index (χ2n) is 1.95. The minimum Gasteiger partial charge on any atom is -0.107 e. The van der Waals surface area contributed by atoms with E-state index in [1.807, 2.05) is 18.2 Å². The molecule has 0 spiro atoms. The lowest BCUT2D eigenvalue weighted by Gasteiger charge is -1.96. The fraction of sp³-hybridized carbons (Fsp3) is 0.143. The fourth-order valence-electron chi connectivity index (χ4n) is 0.717. The number of hydrogen-bond donors (Lipinski definition) is 1. The highest BCUT2D eigenvalue weighted by Gasteiger charge is 1.89. The van der Waals surface area contributed by atoms with E-state index in [2.05, 4.69) is 23.8 Å². The van der Waals surface area contributed by atoms with Gasteiger partial charge >= 0.3 is 0 Å². The average molecular weight is 188 g/mol. The van der Waals surface area contributed by atoms with Crippen molar-refractivity contribution in [3.63, 3.8) is 0 Å². The molecule has 0 saturated heterocycles. The first-order valence-electron chi connectivity index (χ1n) is 2.90. The van der Waals surface area contributed by atoms with Gasteiger partial charge in [-0.1, -0.05) is 38.8 Å². The second-order valence-corrected chi connectivity index (χ2v) is 6.15. The Labute approximate surface area is 73.1 Å². The molecule has 3 heteroatoms. The average Bonchev–Trinajstić information content (AvgIpc) is 1.88. The monoisotopic (exact) mass is 188 g/mol. The van der Waals surface area contributed by atoms with Gasteiger partial charge in [0.25, 0.3) is 0 Å². The van der Waals surface area contributed by atoms with Gasteiger partial charge in [0.2, 0.25) is 0 Å². The van der Waals surface area contributed by atoms with E-state index >= 15 is 0 Å². The summed E-state index contributed by atoms with van der Waals surface area (Å²) in [7, 11) is -0.189. The summed E-state index contributed by atoms with van der Waals surface area (Å²) in [4.78, 5) is 0. The Hall–Kier alpha value is 0.140. The molecular formula is C7H8S3. The second kappa shape index (κ2) is 4.11. The van der Waals surface area contributed by atoms with Gasteiger partial charge in [0.05, 0.1) is 0 Å². The molecule has 0 N–H and O–H groups in total. The van der Waals surface area contributed by atoms with E-state index in [1.165, 1.54) is 5.56 Å². The van der Waals surface area contributed by atoms with E-state index in [1.54, 1.807) is 0 Å². The minimum atomic E-state index is -0.189. The first kappa shape index (κ1) is 8.24. The first-order chi connectivity index (χ1) is 4.79. The topological polar surface area (TPSA) is 0 Å². The Kier molecular flexibility index (Phi) is 3.39. The maximum atomic E-state index is 4.95. The van der Waals surface area contributed by atoms with Gasteiger partial charge in [0.1, 0.15) is 0 Å². The highest BCUT2D eigenvalue weighted by Crippen LogP contribution is 2.04. The van der Waals surface area contributed by atoms with Crippen molar-refractivity contribution in [2.24, 2.45) is 0 Å². The smallest absolute Gasteiger partial charge is 0.0326 e. The van der Waals surface area contributed by atoms with Crippen LogP contribution in [-0.4, -0.2) is 0 Å². The van der Waals surface area contributed by atoms with E-state index in [-0.39, 0.29) is 8.49 Å². The van der Waals surface area contributed by atoms with Gasteiger partial charge in [0.15, 0.2) is 0 Å². The molecule has 0 nitrogen and oxygen atoms in total. The van der Waals surface area contributed by atoms with Crippen LogP contribution in [0.15, 0.2) is 30.3 Å². The number of thiol groups is 1. The van der Waals surface area contributed by atoms with Crippen LogP contribution in [0.25, 0.3) is 0 Å². The van der Waals surface area contributed by atoms with Crippen molar-refractivity contribution in [2.75, 3.05) is 0 Å². The van der Waals surface area contributed by atoms with Crippen LogP contribution in [-0.2, 0) is 25.4 Å². The zero-order chi connectivity index (χ0) is 7.40. The predicted molar refractivity (Wildman–Crippen MR) is 53.9 cm³/mol. The third-order valence-electron chi connectivity index (χ3n) is 1.13. The molecule has 0 fully saturated rings. The Balaban J connectivity index is 2.67. The molecule has 1 atom stereocenters. The minimum absolute atomic E-state index is 0.189. The van der Waals surface area contributed by atoms with E-state index in [0.29, 0.717) is 0 Å². The highest BCUT2D eigenvalue weighted by molar-refractivity contribution is 8.75. The van der Waals surface area contributed by atoms with Crippen molar-refractivity contribution in [1.29, 1.82) is 0 Å². The summed E-state index contributed by atoms with van der Waals surface area (Å²) >= 11 is 9.10. The van der Waals surface area contributed by atoms with Crippen molar-refractivity contribution in [3.8, 4) is 0 Å². The summed E-state index contributed by atoms with van der Waals surface area (Å²) in [6.45, 7) is 0. The molecule has 10 heavy (non-hydrogen) atoms. The lowest BCUT2D eigenvalue weighted by Crippen LogP contribution is -1.84. The van der Waals surface area contributed by atoms with Crippen molar-refractivity contribution in [1.82, 2.24) is 0 Å². The summed E-state index contributed by atoms with van der Waals surface area (Å²) in [6, 6.07) is 10.2. The Bertz CT molecular complexity index is 218. The molecular weight excluding hydrogens is 180 g/mol. The normalized spacial score (nSPS) is 12.9. The highest BCUT2D eigenvalue weighted by atomic mass is 33.3. The summed E-state index contributed by atoms with van der Waals surface area (Å²) in [5.41, 5.74) is 1.27. The molecule has 1 aromatic rings. The summed E-state index contributed by atoms with van der Waals surface area (Å²) in [6.07, 6.45) is 0. The molecule has 0 amide bonds. The Morgan fingerprint density at radius 3 is 2.40 bits per heavy atom. The van der Waals surface area contributed by atoms with Crippen LogP contribution in [0.5, 0.6) is 0 Å². The molecule has 0 aliphatic carbocycles. The number of rotatable bonds is 2. The molecule has 0 aliphatic rings. The van der Waals surface area contributed by atoms with Crippen LogP contribution in [0.3, 0.4) is 0 Å². The van der Waals surface area contributed by atoms with Gasteiger partial charge in [-0.05, 0) is 16.8 Å². The standard InChI is InChI=1S/C7H8S3/c8-10(9)6-7-4-2-1-3-5-7/h1-5H,6H2,(H,8,9). The predicted octanol–water partition coefficient (Wildman–Crippen LogP) is 2.11. The SMILES string of the molecule is S=S(S)Cc1ccccc1. The van der Waals surface area contributed by atoms with Crippen LogP contribution in [0.1, 0.15) is 5.56 Å². The third-order valence-corrected chi connectivity index (χ3v) is 2.45. The number of benzene rings is 1. The largest absolute Gasteiger partial charge is 0.107 e. The summed E-state index contributed by atoms with van der Waals surface area (Å²) in [5.74, 6) is 0.902. The van der Waals surface area contributed by atoms with Gasteiger partial charge in [-0.2, -0.15) is 0 Å². The lowest BCUT2D eigenvalue weighted by molar-refractivity contribution is 1.42. The van der Waals surface area contributed by atoms with E-state index in [4.69, 9.17) is 11.2 Å². The van der Waals surface area contributed by atoms with Gasteiger partial charge in [0, 0.05) is 5.75 Å². The van der Waals surface area contributed by atoms with Crippen molar-refractivity contribution in [3.05, 3.63) is 35.9 Å². The van der Waals surface area contributed by atoms with Crippen LogP contribution < -0.4 is 0 Å². The van der Waals surface area contributed by atoms with Crippen molar-refractivity contribution >= 4 is 31.3 Å². The Morgan fingerprint density at radius 2 is 1.90 bits per heavy atom. The molecule has 0 aromatic heterocycles. The van der Waals surface area contributed by atoms with Gasteiger partial charge in [-0.15, -0.1) is 11.7 Å². The van der Waals surface area contributed by atoms with Crippen LogP contribution in [0.4, 0.5) is 0 Å². The molecule has 54 valence electrons.